The summed E-state index contributed by atoms with van der Waals surface area (Å²) in [4.78, 5) is 31.4. The minimum absolute atomic E-state index is 0.0467. The molecular weight excluding hydrogens is 778 g/mol. The maximum Gasteiger partial charge on any atom is 0.254 e. The fraction of sp³-hybridized carbons (Fsp3) is 0.457. The number of fused-ring (bicyclic) bond motifs is 4. The van der Waals surface area contributed by atoms with Crippen LogP contribution in [0.4, 0.5) is 5.95 Å². The van der Waals surface area contributed by atoms with Crippen molar-refractivity contribution in [2.24, 2.45) is 16.3 Å². The predicted molar refractivity (Wildman–Crippen MR) is 229 cm³/mol. The van der Waals surface area contributed by atoms with E-state index in [0.29, 0.717) is 39.2 Å². The van der Waals surface area contributed by atoms with Gasteiger partial charge in [0.1, 0.15) is 28.2 Å². The average Bonchev–Trinajstić information content (AvgIpc) is 3.85. The van der Waals surface area contributed by atoms with Crippen molar-refractivity contribution in [2.75, 3.05) is 18.0 Å². The van der Waals surface area contributed by atoms with E-state index < -0.39 is 0 Å². The van der Waals surface area contributed by atoms with Crippen LogP contribution in [-0.2, 0) is 12.0 Å². The first kappa shape index (κ1) is 38.1. The number of anilines is 1. The second-order valence-corrected chi connectivity index (χ2v) is 19.2. The Hall–Kier alpha value is -5.12. The summed E-state index contributed by atoms with van der Waals surface area (Å²) in [5.41, 5.74) is 7.28. The number of nitrogens with zero attached hydrogens (tertiary/aromatic N) is 8. The molecule has 2 spiro atoms. The van der Waals surface area contributed by atoms with Crippen molar-refractivity contribution in [2.45, 2.75) is 109 Å². The van der Waals surface area contributed by atoms with E-state index in [1.165, 1.54) is 45.0 Å². The molecular formula is C46H48ClN9O2S. The molecule has 11 nitrogen and oxygen atoms in total. The molecule has 1 saturated heterocycles. The Morgan fingerprint density at radius 2 is 1.71 bits per heavy atom. The fourth-order valence-electron chi connectivity index (χ4n) is 10.0. The Kier molecular flexibility index (Phi) is 9.59. The molecule has 1 amide bonds. The van der Waals surface area contributed by atoms with Crippen LogP contribution in [-0.4, -0.2) is 61.6 Å². The van der Waals surface area contributed by atoms with E-state index >= 15 is 0 Å². The van der Waals surface area contributed by atoms with Gasteiger partial charge in [-0.2, -0.15) is 5.26 Å². The smallest absolute Gasteiger partial charge is 0.254 e. The summed E-state index contributed by atoms with van der Waals surface area (Å²) in [6, 6.07) is 16.5. The third kappa shape index (κ3) is 7.10. The summed E-state index contributed by atoms with van der Waals surface area (Å²) in [5.74, 6) is 3.86. The van der Waals surface area contributed by atoms with Crippen molar-refractivity contribution in [3.05, 3.63) is 110 Å². The second kappa shape index (κ2) is 14.9. The lowest BCUT2D eigenvalue weighted by Crippen LogP contribution is -2.48. The van der Waals surface area contributed by atoms with Gasteiger partial charge in [0.05, 0.1) is 28.0 Å². The lowest BCUT2D eigenvalue weighted by molar-refractivity contribution is 0.0280. The molecule has 2 aliphatic heterocycles. The fourth-order valence-corrected chi connectivity index (χ4v) is 11.4. The molecule has 13 heteroatoms. The number of thiophene rings is 1. The first-order chi connectivity index (χ1) is 28.6. The van der Waals surface area contributed by atoms with E-state index in [0.717, 1.165) is 88.2 Å². The second-order valence-electron chi connectivity index (χ2n) is 17.6. The van der Waals surface area contributed by atoms with Crippen LogP contribution in [0.1, 0.15) is 119 Å². The van der Waals surface area contributed by atoms with E-state index in [1.807, 2.05) is 11.3 Å². The minimum atomic E-state index is -0.263. The van der Waals surface area contributed by atoms with Crippen molar-refractivity contribution in [1.29, 1.82) is 5.26 Å². The number of carbonyl (C=O) groups is 1. The molecule has 1 N–H and O–H groups in total. The standard InChI is InChI=1S/C46H48ClN9O2S/c1-27-28(2)59-42-39(27)40(52-46(14-15-46)43-54-53-29(3)56(42)43)32-6-4-30(5-7-32)20-31-22-45(23-31)16-18-55(19-17-45)44-49-25-34(26-50-44)41(57)51-35-9-12-36(13-10-35)58-37-11-8-33(24-48)38(47)21-37/h4-8,11,21,25-26,31,35-36H,9-10,12-20,22-23H2,1-3H3,(H,51,57)/t35-,36-. The number of aryl methyl sites for hydroxylation is 2. The van der Waals surface area contributed by atoms with Crippen LogP contribution in [0.25, 0.3) is 5.00 Å². The molecule has 4 fully saturated rings. The first-order valence-corrected chi connectivity index (χ1v) is 22.3. The zero-order valence-corrected chi connectivity index (χ0v) is 35.4. The van der Waals surface area contributed by atoms with Crippen molar-refractivity contribution in [3.63, 3.8) is 0 Å². The molecule has 59 heavy (non-hydrogen) atoms. The van der Waals surface area contributed by atoms with Gasteiger partial charge in [0.25, 0.3) is 5.91 Å². The minimum Gasteiger partial charge on any atom is -0.490 e. The normalized spacial score (nSPS) is 21.5. The van der Waals surface area contributed by atoms with Gasteiger partial charge >= 0.3 is 0 Å². The van der Waals surface area contributed by atoms with Gasteiger partial charge in [-0.05, 0) is 126 Å². The molecule has 3 saturated carbocycles. The summed E-state index contributed by atoms with van der Waals surface area (Å²) in [7, 11) is 0. The zero-order chi connectivity index (χ0) is 40.5. The highest BCUT2D eigenvalue weighted by atomic mass is 35.5. The molecule has 10 rings (SSSR count). The van der Waals surface area contributed by atoms with Gasteiger partial charge in [-0.1, -0.05) is 35.9 Å². The predicted octanol–water partition coefficient (Wildman–Crippen LogP) is 8.77. The molecule has 5 aromatic rings. The van der Waals surface area contributed by atoms with E-state index in [2.05, 4.69) is 86.1 Å². The van der Waals surface area contributed by atoms with Crippen molar-refractivity contribution >= 4 is 40.5 Å². The monoisotopic (exact) mass is 825 g/mol. The molecule has 3 aromatic heterocycles. The number of aliphatic imine (C=N–C) groups is 1. The number of piperidine rings is 1. The van der Waals surface area contributed by atoms with Crippen molar-refractivity contribution in [1.82, 2.24) is 30.0 Å². The van der Waals surface area contributed by atoms with Crippen LogP contribution in [0.3, 0.4) is 0 Å². The Morgan fingerprint density at radius 3 is 2.39 bits per heavy atom. The van der Waals surface area contributed by atoms with E-state index in [1.54, 1.807) is 30.6 Å². The van der Waals surface area contributed by atoms with Gasteiger partial charge in [0, 0.05) is 53.6 Å². The highest BCUT2D eigenvalue weighted by Gasteiger charge is 2.52. The number of rotatable bonds is 8. The topological polar surface area (TPSA) is 134 Å². The van der Waals surface area contributed by atoms with Gasteiger partial charge in [-0.25, -0.2) is 9.97 Å². The molecule has 0 bridgehead atoms. The van der Waals surface area contributed by atoms with Crippen molar-refractivity contribution < 1.29 is 9.53 Å². The van der Waals surface area contributed by atoms with E-state index in [4.69, 9.17) is 26.6 Å². The summed E-state index contributed by atoms with van der Waals surface area (Å²) in [5, 5.41) is 23.0. The van der Waals surface area contributed by atoms with E-state index in [9.17, 15) is 4.79 Å². The highest BCUT2D eigenvalue weighted by Crippen LogP contribution is 2.55. The van der Waals surface area contributed by atoms with Gasteiger partial charge < -0.3 is 15.0 Å². The summed E-state index contributed by atoms with van der Waals surface area (Å²) < 4.78 is 8.38. The van der Waals surface area contributed by atoms with Crippen LogP contribution >= 0.6 is 22.9 Å². The zero-order valence-electron chi connectivity index (χ0n) is 33.8. The Morgan fingerprint density at radius 1 is 0.983 bits per heavy atom. The largest absolute Gasteiger partial charge is 0.490 e. The summed E-state index contributed by atoms with van der Waals surface area (Å²) in [6.45, 7) is 8.36. The number of ether oxygens (including phenoxy) is 1. The van der Waals surface area contributed by atoms with Crippen LogP contribution in [0.5, 0.6) is 5.75 Å². The Balaban J connectivity index is 0.697. The average molecular weight is 826 g/mol. The maximum absolute atomic E-state index is 13.1. The van der Waals surface area contributed by atoms with Crippen LogP contribution in [0.2, 0.25) is 5.02 Å². The molecule has 302 valence electrons. The Labute approximate surface area is 353 Å². The van der Waals surface area contributed by atoms with Gasteiger partial charge in [0.2, 0.25) is 5.95 Å². The Bertz CT molecular complexity index is 2490. The molecule has 2 aromatic carbocycles. The molecule has 3 aliphatic carbocycles. The summed E-state index contributed by atoms with van der Waals surface area (Å²) in [6.07, 6.45) is 14.6. The lowest BCUT2D eigenvalue weighted by atomic mass is 9.56. The number of nitrogens with one attached hydrogen (secondary N) is 1. The number of benzene rings is 2. The molecule has 5 heterocycles. The van der Waals surface area contributed by atoms with Crippen LogP contribution in [0.15, 0.2) is 59.9 Å². The maximum atomic E-state index is 13.1. The molecule has 0 unspecified atom stereocenters. The van der Waals surface area contributed by atoms with Crippen LogP contribution in [0, 0.1) is 43.4 Å². The number of amides is 1. The highest BCUT2D eigenvalue weighted by molar-refractivity contribution is 7.15. The SMILES string of the molecule is Cc1sc2c(c1C)C(c1ccc(CC3CC4(CCN(c5ncc(C(=O)N[C@H]6CC[C@H](Oc7ccc(C#N)c(Cl)c7)CC6)cn5)CC4)C3)cc1)=NC1(CC1)c1nnc(C)n1-2. The molecule has 0 atom stereocenters. The van der Waals surface area contributed by atoms with Gasteiger partial charge in [0.15, 0.2) is 5.82 Å². The molecule has 5 aliphatic rings. The third-order valence-corrected chi connectivity index (χ3v) is 15.2. The van der Waals surface area contributed by atoms with Gasteiger partial charge in [-0.3, -0.25) is 14.4 Å². The number of hydrogen-bond donors (Lipinski definition) is 1. The number of aromatic nitrogens is 5. The van der Waals surface area contributed by atoms with Crippen molar-refractivity contribution in [3.8, 4) is 16.8 Å². The quantitative estimate of drug-likeness (QED) is 0.164. The first-order valence-electron chi connectivity index (χ1n) is 21.1. The lowest BCUT2D eigenvalue weighted by Gasteiger charge is -2.52. The molecule has 0 radical (unpaired) electrons. The number of carbonyl (C=O) groups excluding carboxylic acids is 1. The number of hydrogen-bond acceptors (Lipinski definition) is 10. The summed E-state index contributed by atoms with van der Waals surface area (Å²) >= 11 is 7.99. The number of nitriles is 1. The third-order valence-electron chi connectivity index (χ3n) is 13.7. The number of halogens is 1. The van der Waals surface area contributed by atoms with E-state index in [-0.39, 0.29) is 23.6 Å². The van der Waals surface area contributed by atoms with Gasteiger partial charge in [-0.15, -0.1) is 21.5 Å². The van der Waals surface area contributed by atoms with Crippen LogP contribution < -0.4 is 15.0 Å².